The summed E-state index contributed by atoms with van der Waals surface area (Å²) in [6.07, 6.45) is 4.07. The van der Waals surface area contributed by atoms with Crippen molar-refractivity contribution < 1.29 is 14.3 Å². The Bertz CT molecular complexity index is 1220. The number of aromatic nitrogens is 1. The SMILES string of the molecule is COc1ccc(CN2C(c3ccc4ncccc4c3)=NOC23CN2CCC3CC2)c(OC)c1. The van der Waals surface area contributed by atoms with Crippen LogP contribution in [0.3, 0.4) is 0 Å². The highest BCUT2D eigenvalue weighted by Gasteiger charge is 2.57. The summed E-state index contributed by atoms with van der Waals surface area (Å²) in [6.45, 7) is 3.76. The van der Waals surface area contributed by atoms with Crippen LogP contribution in [0.4, 0.5) is 0 Å². The van der Waals surface area contributed by atoms with Gasteiger partial charge in [0.1, 0.15) is 11.5 Å². The third-order valence-corrected chi connectivity index (χ3v) is 7.36. The van der Waals surface area contributed by atoms with Crippen molar-refractivity contribution in [1.29, 1.82) is 0 Å². The second-order valence-corrected chi connectivity index (χ2v) is 9.08. The number of fused-ring (bicyclic) bond motifs is 3. The number of rotatable bonds is 5. The van der Waals surface area contributed by atoms with Crippen molar-refractivity contribution in [1.82, 2.24) is 14.8 Å². The van der Waals surface area contributed by atoms with Gasteiger partial charge in [-0.15, -0.1) is 0 Å². The first-order valence-corrected chi connectivity index (χ1v) is 11.5. The van der Waals surface area contributed by atoms with Crippen LogP contribution in [0, 0.1) is 5.92 Å². The van der Waals surface area contributed by atoms with Crippen molar-refractivity contribution >= 4 is 16.7 Å². The van der Waals surface area contributed by atoms with E-state index in [0.29, 0.717) is 12.5 Å². The average Bonchev–Trinajstić information content (AvgIpc) is 3.21. The number of benzene rings is 2. The highest BCUT2D eigenvalue weighted by atomic mass is 16.7. The van der Waals surface area contributed by atoms with Crippen LogP contribution < -0.4 is 9.47 Å². The fraction of sp³-hybridized carbons (Fsp3) is 0.385. The number of pyridine rings is 1. The van der Waals surface area contributed by atoms with Crippen molar-refractivity contribution in [2.45, 2.75) is 25.1 Å². The minimum Gasteiger partial charge on any atom is -0.497 e. The zero-order valence-electron chi connectivity index (χ0n) is 19.0. The van der Waals surface area contributed by atoms with E-state index < -0.39 is 5.72 Å². The summed E-state index contributed by atoms with van der Waals surface area (Å²) < 4.78 is 11.1. The molecule has 7 nitrogen and oxygen atoms in total. The molecule has 0 aliphatic carbocycles. The van der Waals surface area contributed by atoms with E-state index in [1.807, 2.05) is 24.4 Å². The molecule has 7 heteroatoms. The molecule has 2 bridgehead atoms. The van der Waals surface area contributed by atoms with E-state index in [-0.39, 0.29) is 0 Å². The summed E-state index contributed by atoms with van der Waals surface area (Å²) in [4.78, 5) is 15.7. The van der Waals surface area contributed by atoms with Gasteiger partial charge in [-0.2, -0.15) is 0 Å². The number of nitrogens with zero attached hydrogens (tertiary/aromatic N) is 4. The van der Waals surface area contributed by atoms with Gasteiger partial charge in [0, 0.05) is 34.7 Å². The Morgan fingerprint density at radius 1 is 1.06 bits per heavy atom. The van der Waals surface area contributed by atoms with Crippen LogP contribution in [0.1, 0.15) is 24.0 Å². The highest BCUT2D eigenvalue weighted by Crippen LogP contribution is 2.45. The van der Waals surface area contributed by atoms with Crippen LogP contribution in [0.5, 0.6) is 11.5 Å². The largest absolute Gasteiger partial charge is 0.497 e. The van der Waals surface area contributed by atoms with Crippen LogP contribution in [-0.4, -0.2) is 60.2 Å². The lowest BCUT2D eigenvalue weighted by Crippen LogP contribution is -2.66. The number of hydrogen-bond donors (Lipinski definition) is 0. The standard InChI is InChI=1S/C26H28N4O3/c1-31-22-7-5-20(24(15-22)32-2)16-30-25(19-6-8-23-18(14-19)4-3-11-27-23)28-33-26(30)17-29-12-9-21(26)10-13-29/h3-8,11,14-15,21H,9-10,12-13,16-17H2,1-2H3. The predicted octanol–water partition coefficient (Wildman–Crippen LogP) is 3.87. The van der Waals surface area contributed by atoms with Gasteiger partial charge in [0.25, 0.3) is 0 Å². The molecule has 4 aliphatic heterocycles. The minimum atomic E-state index is -0.458. The van der Waals surface area contributed by atoms with E-state index >= 15 is 0 Å². The van der Waals surface area contributed by atoms with Crippen molar-refractivity contribution in [2.75, 3.05) is 33.9 Å². The summed E-state index contributed by atoms with van der Waals surface area (Å²) in [5.41, 5.74) is 2.63. The van der Waals surface area contributed by atoms with E-state index in [1.165, 1.54) is 0 Å². The molecule has 0 radical (unpaired) electrons. The Hall–Kier alpha value is -3.32. The normalized spacial score (nSPS) is 25.9. The van der Waals surface area contributed by atoms with E-state index in [4.69, 9.17) is 19.5 Å². The van der Waals surface area contributed by atoms with Crippen LogP contribution in [-0.2, 0) is 11.4 Å². The Labute approximate surface area is 193 Å². The van der Waals surface area contributed by atoms with Gasteiger partial charge in [0.05, 0.1) is 32.8 Å². The Kier molecular flexibility index (Phi) is 4.87. The van der Waals surface area contributed by atoms with Gasteiger partial charge in [0.2, 0.25) is 5.72 Å². The zero-order valence-corrected chi connectivity index (χ0v) is 19.0. The molecule has 3 aromatic rings. The van der Waals surface area contributed by atoms with Gasteiger partial charge in [0.15, 0.2) is 5.84 Å². The van der Waals surface area contributed by atoms with E-state index in [0.717, 1.165) is 71.8 Å². The van der Waals surface area contributed by atoms with E-state index in [2.05, 4.69) is 45.1 Å². The van der Waals surface area contributed by atoms with Gasteiger partial charge in [-0.25, -0.2) is 0 Å². The van der Waals surface area contributed by atoms with Crippen molar-refractivity contribution in [3.63, 3.8) is 0 Å². The number of hydrogen-bond acceptors (Lipinski definition) is 7. The summed E-state index contributed by atoms with van der Waals surface area (Å²) >= 11 is 0. The van der Waals surface area contributed by atoms with E-state index in [1.54, 1.807) is 14.2 Å². The van der Waals surface area contributed by atoms with Gasteiger partial charge >= 0.3 is 0 Å². The molecule has 1 aromatic heterocycles. The van der Waals surface area contributed by atoms with Crippen LogP contribution in [0.25, 0.3) is 10.9 Å². The third-order valence-electron chi connectivity index (χ3n) is 7.36. The molecule has 3 fully saturated rings. The molecule has 2 aromatic carbocycles. The number of methoxy groups -OCH3 is 2. The molecule has 33 heavy (non-hydrogen) atoms. The minimum absolute atomic E-state index is 0.440. The monoisotopic (exact) mass is 444 g/mol. The predicted molar refractivity (Wildman–Crippen MR) is 126 cm³/mol. The molecule has 5 heterocycles. The molecule has 0 amide bonds. The summed E-state index contributed by atoms with van der Waals surface area (Å²) in [7, 11) is 3.37. The molecule has 1 spiro atoms. The topological polar surface area (TPSA) is 59.4 Å². The second-order valence-electron chi connectivity index (χ2n) is 9.08. The zero-order chi connectivity index (χ0) is 22.4. The van der Waals surface area contributed by atoms with Crippen molar-refractivity contribution in [3.8, 4) is 11.5 Å². The Balaban J connectivity index is 1.42. The maximum atomic E-state index is 6.39. The lowest BCUT2D eigenvalue weighted by atomic mass is 9.79. The fourth-order valence-corrected chi connectivity index (χ4v) is 5.59. The molecule has 1 unspecified atom stereocenters. The molecule has 4 aliphatic rings. The molecule has 1 atom stereocenters. The van der Waals surface area contributed by atoms with Crippen molar-refractivity contribution in [3.05, 3.63) is 65.9 Å². The van der Waals surface area contributed by atoms with Gasteiger partial charge < -0.3 is 19.2 Å². The van der Waals surface area contributed by atoms with Crippen molar-refractivity contribution in [2.24, 2.45) is 11.1 Å². The first kappa shape index (κ1) is 20.3. The molecule has 0 saturated carbocycles. The maximum absolute atomic E-state index is 6.39. The highest BCUT2D eigenvalue weighted by molar-refractivity contribution is 6.02. The van der Waals surface area contributed by atoms with Gasteiger partial charge in [-0.1, -0.05) is 11.2 Å². The van der Waals surface area contributed by atoms with Crippen LogP contribution in [0.15, 0.2) is 59.9 Å². The molecule has 7 rings (SSSR count). The lowest BCUT2D eigenvalue weighted by Gasteiger charge is -2.53. The maximum Gasteiger partial charge on any atom is 0.227 e. The first-order chi connectivity index (χ1) is 16.2. The summed E-state index contributed by atoms with van der Waals surface area (Å²) in [5, 5.41) is 5.80. The first-order valence-electron chi connectivity index (χ1n) is 11.5. The smallest absolute Gasteiger partial charge is 0.227 e. The second kappa shape index (κ2) is 7.92. The average molecular weight is 445 g/mol. The Morgan fingerprint density at radius 2 is 1.94 bits per heavy atom. The summed E-state index contributed by atoms with van der Waals surface area (Å²) in [5.74, 6) is 2.89. The fourth-order valence-electron chi connectivity index (χ4n) is 5.59. The third kappa shape index (κ3) is 3.30. The van der Waals surface area contributed by atoms with Gasteiger partial charge in [-0.05, 0) is 62.3 Å². The molecular formula is C26H28N4O3. The van der Waals surface area contributed by atoms with Gasteiger partial charge in [-0.3, -0.25) is 9.88 Å². The molecule has 3 saturated heterocycles. The summed E-state index contributed by atoms with van der Waals surface area (Å²) in [6, 6.07) is 16.4. The van der Waals surface area contributed by atoms with Crippen LogP contribution in [0.2, 0.25) is 0 Å². The number of ether oxygens (including phenoxy) is 2. The quantitative estimate of drug-likeness (QED) is 0.596. The van der Waals surface area contributed by atoms with Crippen LogP contribution >= 0.6 is 0 Å². The van der Waals surface area contributed by atoms with E-state index in [9.17, 15) is 0 Å². The number of oxime groups is 1. The Morgan fingerprint density at radius 3 is 2.70 bits per heavy atom. The molecular weight excluding hydrogens is 416 g/mol. The number of amidine groups is 1. The number of piperidine rings is 3. The lowest BCUT2D eigenvalue weighted by molar-refractivity contribution is -0.198. The molecule has 0 N–H and O–H groups in total. The molecule has 170 valence electrons.